The van der Waals surface area contributed by atoms with Gasteiger partial charge in [0.05, 0.1) is 6.21 Å². The summed E-state index contributed by atoms with van der Waals surface area (Å²) in [4.78, 5) is 15.3. The first-order valence-corrected chi connectivity index (χ1v) is 8.17. The minimum absolute atomic E-state index is 0.297. The lowest BCUT2D eigenvalue weighted by Gasteiger charge is -2.13. The number of aromatic nitrogens is 1. The van der Waals surface area contributed by atoms with E-state index in [1.54, 1.807) is 13.1 Å². The Morgan fingerprint density at radius 3 is 2.64 bits per heavy atom. The van der Waals surface area contributed by atoms with Crippen LogP contribution in [-0.4, -0.2) is 23.2 Å². The highest BCUT2D eigenvalue weighted by Gasteiger charge is 2.14. The van der Waals surface area contributed by atoms with E-state index in [0.29, 0.717) is 5.75 Å². The van der Waals surface area contributed by atoms with Gasteiger partial charge in [0.2, 0.25) is 0 Å². The van der Waals surface area contributed by atoms with Crippen molar-refractivity contribution < 1.29 is 9.53 Å². The zero-order chi connectivity index (χ0) is 17.8. The molecule has 1 amide bonds. The Morgan fingerprint density at radius 2 is 1.92 bits per heavy atom. The van der Waals surface area contributed by atoms with Crippen LogP contribution in [0.2, 0.25) is 0 Å². The fraction of sp³-hybridized carbons (Fsp3) is 0.200. The van der Waals surface area contributed by atoms with Crippen molar-refractivity contribution in [1.82, 2.24) is 10.4 Å². The van der Waals surface area contributed by atoms with Crippen LogP contribution in [0.4, 0.5) is 0 Å². The van der Waals surface area contributed by atoms with Crippen LogP contribution in [0, 0.1) is 13.8 Å². The molecule has 5 heteroatoms. The number of rotatable bonds is 5. The molecule has 1 aromatic heterocycles. The van der Waals surface area contributed by atoms with Crippen molar-refractivity contribution in [2.75, 3.05) is 0 Å². The average Bonchev–Trinajstić information content (AvgIpc) is 2.92. The molecule has 3 aromatic rings. The molecule has 0 spiro atoms. The molecule has 2 N–H and O–H groups in total. The first-order chi connectivity index (χ1) is 12.0. The van der Waals surface area contributed by atoms with Crippen molar-refractivity contribution in [2.45, 2.75) is 26.9 Å². The number of hydrogen-bond acceptors (Lipinski definition) is 3. The van der Waals surface area contributed by atoms with Crippen molar-refractivity contribution >= 4 is 22.9 Å². The second kappa shape index (κ2) is 7.21. The van der Waals surface area contributed by atoms with E-state index in [9.17, 15) is 4.79 Å². The maximum Gasteiger partial charge on any atom is 0.280 e. The maximum atomic E-state index is 12.1. The number of benzene rings is 2. The summed E-state index contributed by atoms with van der Waals surface area (Å²) in [6.07, 6.45) is 0.979. The van der Waals surface area contributed by atoms with Gasteiger partial charge in [-0.3, -0.25) is 4.79 Å². The molecule has 1 heterocycles. The molecular weight excluding hydrogens is 314 g/mol. The first kappa shape index (κ1) is 16.8. The lowest BCUT2D eigenvalue weighted by molar-refractivity contribution is -0.127. The minimum atomic E-state index is -0.646. The Bertz CT molecular complexity index is 928. The summed E-state index contributed by atoms with van der Waals surface area (Å²) in [6, 6.07) is 15.7. The molecule has 0 aliphatic carbocycles. The van der Waals surface area contributed by atoms with Crippen molar-refractivity contribution in [3.05, 3.63) is 65.5 Å². The summed E-state index contributed by atoms with van der Waals surface area (Å²) in [6.45, 7) is 5.63. The maximum absolute atomic E-state index is 12.1. The van der Waals surface area contributed by atoms with E-state index in [4.69, 9.17) is 4.74 Å². The SMILES string of the molecule is Cc1cc(/C=N/NC(=O)[C@H](C)Oc2ccc3ccccc3c2)c(C)[nH]1. The lowest BCUT2D eigenvalue weighted by atomic mass is 10.1. The van der Waals surface area contributed by atoms with Gasteiger partial charge in [-0.05, 0) is 49.7 Å². The van der Waals surface area contributed by atoms with Gasteiger partial charge in [0.1, 0.15) is 5.75 Å². The Kier molecular flexibility index (Phi) is 4.84. The van der Waals surface area contributed by atoms with Crippen molar-refractivity contribution in [1.29, 1.82) is 0 Å². The third-order valence-corrected chi connectivity index (χ3v) is 3.97. The van der Waals surface area contributed by atoms with E-state index in [0.717, 1.165) is 27.7 Å². The number of fused-ring (bicyclic) bond motifs is 1. The van der Waals surface area contributed by atoms with Gasteiger partial charge in [0.15, 0.2) is 6.10 Å². The van der Waals surface area contributed by atoms with Crippen LogP contribution >= 0.6 is 0 Å². The van der Waals surface area contributed by atoms with E-state index in [1.807, 2.05) is 62.4 Å². The molecule has 0 aliphatic rings. The van der Waals surface area contributed by atoms with Gasteiger partial charge in [-0.25, -0.2) is 5.43 Å². The lowest BCUT2D eigenvalue weighted by Crippen LogP contribution is -2.33. The standard InChI is InChI=1S/C20H21N3O2/c1-13-10-18(14(2)22-13)12-21-23-20(24)15(3)25-19-9-8-16-6-4-5-7-17(16)11-19/h4-12,15,22H,1-3H3,(H,23,24)/b21-12+/t15-/m0/s1. The summed E-state index contributed by atoms with van der Waals surface area (Å²) in [5, 5.41) is 6.21. The molecule has 0 fully saturated rings. The second-order valence-corrected chi connectivity index (χ2v) is 6.04. The van der Waals surface area contributed by atoms with E-state index in [1.165, 1.54) is 0 Å². The van der Waals surface area contributed by atoms with E-state index >= 15 is 0 Å². The molecule has 2 aromatic carbocycles. The largest absolute Gasteiger partial charge is 0.481 e. The topological polar surface area (TPSA) is 66.5 Å². The van der Waals surface area contributed by atoms with E-state index in [-0.39, 0.29) is 5.91 Å². The molecule has 1 atom stereocenters. The minimum Gasteiger partial charge on any atom is -0.481 e. The predicted molar refractivity (Wildman–Crippen MR) is 100 cm³/mol. The Balaban J connectivity index is 1.60. The number of nitrogens with zero attached hydrogens (tertiary/aromatic N) is 1. The Hall–Kier alpha value is -3.08. The van der Waals surface area contributed by atoms with Crippen LogP contribution in [0.1, 0.15) is 23.9 Å². The van der Waals surface area contributed by atoms with Gasteiger partial charge in [-0.1, -0.05) is 30.3 Å². The number of carbonyl (C=O) groups excluding carboxylic acids is 1. The number of hydrogen-bond donors (Lipinski definition) is 2. The third-order valence-electron chi connectivity index (χ3n) is 3.97. The molecule has 5 nitrogen and oxygen atoms in total. The van der Waals surface area contributed by atoms with E-state index < -0.39 is 6.10 Å². The fourth-order valence-corrected chi connectivity index (χ4v) is 2.63. The number of carbonyl (C=O) groups is 1. The third kappa shape index (κ3) is 4.07. The van der Waals surface area contributed by atoms with Gasteiger partial charge >= 0.3 is 0 Å². The molecular formula is C20H21N3O2. The first-order valence-electron chi connectivity index (χ1n) is 8.17. The summed E-state index contributed by atoms with van der Waals surface area (Å²) >= 11 is 0. The van der Waals surface area contributed by atoms with Crippen LogP contribution < -0.4 is 10.2 Å². The van der Waals surface area contributed by atoms with Gasteiger partial charge in [0, 0.05) is 17.0 Å². The summed E-state index contributed by atoms with van der Waals surface area (Å²) in [5.74, 6) is 0.358. The van der Waals surface area contributed by atoms with Crippen LogP contribution in [0.25, 0.3) is 10.8 Å². The summed E-state index contributed by atoms with van der Waals surface area (Å²) in [5.41, 5.74) is 5.53. The quantitative estimate of drug-likeness (QED) is 0.551. The zero-order valence-corrected chi connectivity index (χ0v) is 14.5. The number of nitrogens with one attached hydrogen (secondary N) is 2. The van der Waals surface area contributed by atoms with Crippen LogP contribution in [-0.2, 0) is 4.79 Å². The highest BCUT2D eigenvalue weighted by Crippen LogP contribution is 2.21. The van der Waals surface area contributed by atoms with Gasteiger partial charge < -0.3 is 9.72 Å². The molecule has 0 unspecified atom stereocenters. The number of aromatic amines is 1. The highest BCUT2D eigenvalue weighted by molar-refractivity contribution is 5.86. The fourth-order valence-electron chi connectivity index (χ4n) is 2.63. The molecule has 25 heavy (non-hydrogen) atoms. The smallest absolute Gasteiger partial charge is 0.280 e. The number of H-pyrrole nitrogens is 1. The molecule has 0 saturated heterocycles. The predicted octanol–water partition coefficient (Wildman–Crippen LogP) is 3.70. The summed E-state index contributed by atoms with van der Waals surface area (Å²) < 4.78 is 5.72. The van der Waals surface area contributed by atoms with E-state index in [2.05, 4.69) is 15.5 Å². The normalized spacial score (nSPS) is 12.4. The molecule has 0 saturated carbocycles. The van der Waals surface area contributed by atoms with Crippen LogP contribution in [0.15, 0.2) is 53.6 Å². The summed E-state index contributed by atoms with van der Waals surface area (Å²) in [7, 11) is 0. The number of amides is 1. The van der Waals surface area contributed by atoms with Crippen molar-refractivity contribution in [2.24, 2.45) is 5.10 Å². The second-order valence-electron chi connectivity index (χ2n) is 6.04. The highest BCUT2D eigenvalue weighted by atomic mass is 16.5. The number of aryl methyl sites for hydroxylation is 2. The molecule has 0 radical (unpaired) electrons. The molecule has 3 rings (SSSR count). The number of hydrazone groups is 1. The van der Waals surface area contributed by atoms with Crippen molar-refractivity contribution in [3.8, 4) is 5.75 Å². The van der Waals surface area contributed by atoms with Gasteiger partial charge in [0.25, 0.3) is 5.91 Å². The molecule has 0 aliphatic heterocycles. The monoisotopic (exact) mass is 335 g/mol. The zero-order valence-electron chi connectivity index (χ0n) is 14.5. The Morgan fingerprint density at radius 1 is 1.16 bits per heavy atom. The van der Waals surface area contributed by atoms with Crippen LogP contribution in [0.3, 0.4) is 0 Å². The molecule has 0 bridgehead atoms. The average molecular weight is 335 g/mol. The number of ether oxygens (including phenoxy) is 1. The van der Waals surface area contributed by atoms with Gasteiger partial charge in [-0.2, -0.15) is 5.10 Å². The molecule has 128 valence electrons. The van der Waals surface area contributed by atoms with Crippen molar-refractivity contribution in [3.63, 3.8) is 0 Å². The van der Waals surface area contributed by atoms with Gasteiger partial charge in [-0.15, -0.1) is 0 Å². The van der Waals surface area contributed by atoms with Crippen LogP contribution in [0.5, 0.6) is 5.75 Å². The Labute approximate surface area is 146 Å².